The van der Waals surface area contributed by atoms with Crippen molar-refractivity contribution in [3.05, 3.63) is 11.1 Å². The number of hydrogen-bond donors (Lipinski definition) is 1. The minimum Gasteiger partial charge on any atom is -0.379 e. The van der Waals surface area contributed by atoms with Gasteiger partial charge in [0.1, 0.15) is 5.60 Å². The van der Waals surface area contributed by atoms with Crippen molar-refractivity contribution >= 4 is 5.78 Å². The van der Waals surface area contributed by atoms with Crippen LogP contribution < -0.4 is 0 Å². The van der Waals surface area contributed by atoms with Crippen molar-refractivity contribution in [2.24, 2.45) is 0 Å². The number of ketones is 1. The fourth-order valence-corrected chi connectivity index (χ4v) is 1.83. The van der Waals surface area contributed by atoms with Crippen molar-refractivity contribution in [1.29, 1.82) is 0 Å². The molecule has 0 aliphatic heterocycles. The number of rotatable bonds is 1. The lowest BCUT2D eigenvalue weighted by Crippen LogP contribution is -2.52. The molecule has 0 unspecified atom stereocenters. The molecule has 0 fully saturated rings. The fourth-order valence-electron chi connectivity index (χ4n) is 1.83. The zero-order valence-electron chi connectivity index (χ0n) is 8.76. The lowest BCUT2D eigenvalue weighted by atomic mass is 9.85. The normalized spacial score (nSPS) is 40.3. The van der Waals surface area contributed by atoms with Crippen LogP contribution in [0.25, 0.3) is 0 Å². The first-order valence-corrected chi connectivity index (χ1v) is 4.29. The van der Waals surface area contributed by atoms with E-state index in [1.54, 1.807) is 13.8 Å². The lowest BCUT2D eigenvalue weighted by Gasteiger charge is -2.35. The van der Waals surface area contributed by atoms with E-state index in [2.05, 4.69) is 0 Å². The van der Waals surface area contributed by atoms with Crippen LogP contribution >= 0.6 is 0 Å². The van der Waals surface area contributed by atoms with E-state index in [4.69, 9.17) is 4.74 Å². The first kappa shape index (κ1) is 10.4. The molecule has 0 heterocycles. The second-order valence-electron chi connectivity index (χ2n) is 3.89. The van der Waals surface area contributed by atoms with Gasteiger partial charge in [0.15, 0.2) is 11.4 Å². The number of aliphatic hydroxyl groups is 1. The van der Waals surface area contributed by atoms with Gasteiger partial charge in [-0.15, -0.1) is 0 Å². The van der Waals surface area contributed by atoms with E-state index in [0.29, 0.717) is 5.57 Å². The second kappa shape index (κ2) is 2.66. The summed E-state index contributed by atoms with van der Waals surface area (Å²) in [6.45, 7) is 6.77. The van der Waals surface area contributed by atoms with E-state index in [1.807, 2.05) is 6.92 Å². The number of hydrogen-bond acceptors (Lipinski definition) is 3. The Balaban J connectivity index is 3.32. The van der Waals surface area contributed by atoms with Crippen molar-refractivity contribution in [2.75, 3.05) is 7.11 Å². The third-order valence-corrected chi connectivity index (χ3v) is 3.40. The van der Waals surface area contributed by atoms with Crippen LogP contribution in [0.4, 0.5) is 0 Å². The Morgan fingerprint density at radius 2 is 1.77 bits per heavy atom. The molecule has 0 saturated carbocycles. The molecule has 0 spiro atoms. The highest BCUT2D eigenvalue weighted by Crippen LogP contribution is 2.42. The molecule has 2 atom stereocenters. The molecule has 0 amide bonds. The smallest absolute Gasteiger partial charge is 0.193 e. The van der Waals surface area contributed by atoms with E-state index in [0.717, 1.165) is 5.57 Å². The summed E-state index contributed by atoms with van der Waals surface area (Å²) in [5.74, 6) is -0.241. The first-order valence-electron chi connectivity index (χ1n) is 4.29. The van der Waals surface area contributed by atoms with Crippen molar-refractivity contribution < 1.29 is 14.6 Å². The van der Waals surface area contributed by atoms with Crippen LogP contribution in [0.1, 0.15) is 27.7 Å². The molecular formula is C10H16O3. The molecule has 0 aromatic heterocycles. The van der Waals surface area contributed by atoms with E-state index < -0.39 is 11.2 Å². The molecule has 13 heavy (non-hydrogen) atoms. The molecule has 1 aliphatic rings. The summed E-state index contributed by atoms with van der Waals surface area (Å²) in [5.41, 5.74) is -0.899. The highest BCUT2D eigenvalue weighted by Gasteiger charge is 2.56. The Morgan fingerprint density at radius 3 is 1.92 bits per heavy atom. The van der Waals surface area contributed by atoms with E-state index in [-0.39, 0.29) is 5.78 Å². The summed E-state index contributed by atoms with van der Waals surface area (Å²) >= 11 is 0. The van der Waals surface area contributed by atoms with Crippen molar-refractivity contribution in [2.45, 2.75) is 38.9 Å². The first-order chi connectivity index (χ1) is 5.79. The van der Waals surface area contributed by atoms with Gasteiger partial charge in [-0.1, -0.05) is 0 Å². The van der Waals surface area contributed by atoms with Gasteiger partial charge in [-0.25, -0.2) is 0 Å². The zero-order chi connectivity index (χ0) is 10.4. The third kappa shape index (κ3) is 1.00. The maximum absolute atomic E-state index is 11.6. The summed E-state index contributed by atoms with van der Waals surface area (Å²) in [5, 5.41) is 10.0. The van der Waals surface area contributed by atoms with Crippen LogP contribution in [0.2, 0.25) is 0 Å². The quantitative estimate of drug-likeness (QED) is 0.663. The van der Waals surface area contributed by atoms with Crippen LogP contribution in [0.15, 0.2) is 11.1 Å². The maximum Gasteiger partial charge on any atom is 0.193 e. The third-order valence-electron chi connectivity index (χ3n) is 3.40. The minimum atomic E-state index is -1.43. The standard InChI is InChI=1S/C10H16O3/c1-6-7(2)10(4,13-5)9(3,12)8(6)11/h12H,1-5H3/t9-,10+/m1/s1. The van der Waals surface area contributed by atoms with Gasteiger partial charge in [-0.05, 0) is 38.8 Å². The molecular weight excluding hydrogens is 168 g/mol. The Bertz CT molecular complexity index is 289. The summed E-state index contributed by atoms with van der Waals surface area (Å²) in [6.07, 6.45) is 0. The van der Waals surface area contributed by atoms with Gasteiger partial charge < -0.3 is 9.84 Å². The number of carbonyl (C=O) groups is 1. The molecule has 0 bridgehead atoms. The van der Waals surface area contributed by atoms with E-state index >= 15 is 0 Å². The van der Waals surface area contributed by atoms with Crippen LogP contribution in [0, 0.1) is 0 Å². The second-order valence-corrected chi connectivity index (χ2v) is 3.89. The van der Waals surface area contributed by atoms with Crippen LogP contribution in [-0.2, 0) is 9.53 Å². The number of Topliss-reactive ketones (excluding diaryl/α,β-unsaturated/α-hetero) is 1. The summed E-state index contributed by atoms with van der Waals surface area (Å²) < 4.78 is 5.24. The van der Waals surface area contributed by atoms with Crippen molar-refractivity contribution in [3.8, 4) is 0 Å². The highest BCUT2D eigenvalue weighted by molar-refractivity contribution is 6.06. The lowest BCUT2D eigenvalue weighted by molar-refractivity contribution is -0.153. The van der Waals surface area contributed by atoms with Gasteiger partial charge in [-0.2, -0.15) is 0 Å². The molecule has 0 saturated heterocycles. The predicted octanol–water partition coefficient (Wildman–Crippen LogP) is 1.06. The molecule has 3 heteroatoms. The van der Waals surface area contributed by atoms with Crippen LogP contribution in [0.5, 0.6) is 0 Å². The van der Waals surface area contributed by atoms with Crippen LogP contribution in [-0.4, -0.2) is 29.2 Å². The Hall–Kier alpha value is -0.670. The molecule has 1 N–H and O–H groups in total. The minimum absolute atomic E-state index is 0.241. The average Bonchev–Trinajstić information content (AvgIpc) is 2.20. The zero-order valence-corrected chi connectivity index (χ0v) is 8.76. The number of methoxy groups -OCH3 is 1. The van der Waals surface area contributed by atoms with Gasteiger partial charge in [0, 0.05) is 7.11 Å². The van der Waals surface area contributed by atoms with Gasteiger partial charge >= 0.3 is 0 Å². The molecule has 0 aromatic carbocycles. The van der Waals surface area contributed by atoms with Crippen molar-refractivity contribution in [1.82, 2.24) is 0 Å². The summed E-state index contributed by atoms with van der Waals surface area (Å²) in [7, 11) is 1.50. The summed E-state index contributed by atoms with van der Waals surface area (Å²) in [4.78, 5) is 11.6. The largest absolute Gasteiger partial charge is 0.379 e. The Labute approximate surface area is 78.4 Å². The van der Waals surface area contributed by atoms with Gasteiger partial charge in [0.25, 0.3) is 0 Å². The van der Waals surface area contributed by atoms with E-state index in [9.17, 15) is 9.90 Å². The van der Waals surface area contributed by atoms with Crippen LogP contribution in [0.3, 0.4) is 0 Å². The molecule has 74 valence electrons. The number of ether oxygens (including phenoxy) is 1. The van der Waals surface area contributed by atoms with Gasteiger partial charge in [0.05, 0.1) is 0 Å². The molecule has 1 rings (SSSR count). The molecule has 0 aromatic rings. The number of carbonyl (C=O) groups excluding carboxylic acids is 1. The molecule has 3 nitrogen and oxygen atoms in total. The SMILES string of the molecule is CO[C@@]1(C)C(C)=C(C)C(=O)[C@@]1(C)O. The monoisotopic (exact) mass is 184 g/mol. The summed E-state index contributed by atoms with van der Waals surface area (Å²) in [6, 6.07) is 0. The highest BCUT2D eigenvalue weighted by atomic mass is 16.5. The van der Waals surface area contributed by atoms with Gasteiger partial charge in [0.2, 0.25) is 0 Å². The van der Waals surface area contributed by atoms with Gasteiger partial charge in [-0.3, -0.25) is 4.79 Å². The maximum atomic E-state index is 11.6. The molecule has 1 aliphatic carbocycles. The Morgan fingerprint density at radius 1 is 1.31 bits per heavy atom. The topological polar surface area (TPSA) is 46.5 Å². The Kier molecular flexibility index (Phi) is 2.13. The fraction of sp³-hybridized carbons (Fsp3) is 0.700. The van der Waals surface area contributed by atoms with Crippen molar-refractivity contribution in [3.63, 3.8) is 0 Å². The van der Waals surface area contributed by atoms with E-state index in [1.165, 1.54) is 14.0 Å². The average molecular weight is 184 g/mol. The molecule has 0 radical (unpaired) electrons. The predicted molar refractivity (Wildman–Crippen MR) is 49.4 cm³/mol.